The standard InChI is InChI=1S/C17H20N4O2/c1-13-18-8-7-14(19-13)17(22)21-11-9-20(10-12-21)15-5-3-4-6-16(15)23-2/h3-8H,9-12H2,1-2H3. The average Bonchev–Trinajstić information content (AvgIpc) is 2.61. The fourth-order valence-corrected chi connectivity index (χ4v) is 2.78. The van der Waals surface area contributed by atoms with Gasteiger partial charge in [-0.05, 0) is 25.1 Å². The van der Waals surface area contributed by atoms with Crippen molar-refractivity contribution in [1.82, 2.24) is 14.9 Å². The van der Waals surface area contributed by atoms with Gasteiger partial charge in [0.1, 0.15) is 17.3 Å². The molecule has 0 bridgehead atoms. The summed E-state index contributed by atoms with van der Waals surface area (Å²) in [4.78, 5) is 24.8. The highest BCUT2D eigenvalue weighted by Crippen LogP contribution is 2.28. The highest BCUT2D eigenvalue weighted by atomic mass is 16.5. The van der Waals surface area contributed by atoms with Crippen LogP contribution in [0, 0.1) is 6.92 Å². The van der Waals surface area contributed by atoms with Crippen LogP contribution in [0.1, 0.15) is 16.3 Å². The van der Waals surface area contributed by atoms with Crippen LogP contribution in [-0.2, 0) is 0 Å². The molecule has 120 valence electrons. The molecule has 0 atom stereocenters. The lowest BCUT2D eigenvalue weighted by molar-refractivity contribution is 0.0740. The summed E-state index contributed by atoms with van der Waals surface area (Å²) in [5.41, 5.74) is 1.53. The Morgan fingerprint density at radius 2 is 1.87 bits per heavy atom. The number of nitrogens with zero attached hydrogens (tertiary/aromatic N) is 4. The molecule has 1 aliphatic rings. The first-order valence-corrected chi connectivity index (χ1v) is 7.66. The second kappa shape index (κ2) is 6.64. The first-order valence-electron chi connectivity index (χ1n) is 7.66. The topological polar surface area (TPSA) is 58.6 Å². The molecule has 1 aromatic heterocycles. The van der Waals surface area contributed by atoms with Crippen LogP contribution >= 0.6 is 0 Å². The number of aromatic nitrogens is 2. The lowest BCUT2D eigenvalue weighted by Gasteiger charge is -2.36. The number of carbonyl (C=O) groups is 1. The summed E-state index contributed by atoms with van der Waals surface area (Å²) in [6, 6.07) is 9.63. The van der Waals surface area contributed by atoms with Crippen molar-refractivity contribution in [2.24, 2.45) is 0 Å². The van der Waals surface area contributed by atoms with Gasteiger partial charge in [0.05, 0.1) is 12.8 Å². The van der Waals surface area contributed by atoms with Gasteiger partial charge in [-0.2, -0.15) is 0 Å². The lowest BCUT2D eigenvalue weighted by atomic mass is 10.2. The predicted molar refractivity (Wildman–Crippen MR) is 87.9 cm³/mol. The Labute approximate surface area is 135 Å². The summed E-state index contributed by atoms with van der Waals surface area (Å²) >= 11 is 0. The van der Waals surface area contributed by atoms with Gasteiger partial charge in [0.2, 0.25) is 0 Å². The Morgan fingerprint density at radius 3 is 2.57 bits per heavy atom. The zero-order valence-electron chi connectivity index (χ0n) is 13.4. The Kier molecular flexibility index (Phi) is 4.41. The number of aryl methyl sites for hydroxylation is 1. The molecule has 0 radical (unpaired) electrons. The number of hydrogen-bond acceptors (Lipinski definition) is 5. The van der Waals surface area contributed by atoms with E-state index >= 15 is 0 Å². The van der Waals surface area contributed by atoms with Gasteiger partial charge in [0.25, 0.3) is 5.91 Å². The Hall–Kier alpha value is -2.63. The zero-order chi connectivity index (χ0) is 16.2. The molecule has 0 N–H and O–H groups in total. The van der Waals surface area contributed by atoms with E-state index in [0.717, 1.165) is 24.5 Å². The molecule has 6 heteroatoms. The fraction of sp³-hybridized carbons (Fsp3) is 0.353. The SMILES string of the molecule is COc1ccccc1N1CCN(C(=O)c2ccnc(C)n2)CC1. The van der Waals surface area contributed by atoms with E-state index in [1.165, 1.54) is 0 Å². The van der Waals surface area contributed by atoms with Crippen molar-refractivity contribution in [3.05, 3.63) is 48.0 Å². The molecule has 2 heterocycles. The number of ether oxygens (including phenoxy) is 1. The van der Waals surface area contributed by atoms with Crippen molar-refractivity contribution in [3.8, 4) is 5.75 Å². The van der Waals surface area contributed by atoms with E-state index in [1.54, 1.807) is 26.3 Å². The van der Waals surface area contributed by atoms with E-state index in [0.29, 0.717) is 24.6 Å². The Morgan fingerprint density at radius 1 is 1.13 bits per heavy atom. The molecule has 0 spiro atoms. The van der Waals surface area contributed by atoms with Crippen molar-refractivity contribution in [2.75, 3.05) is 38.2 Å². The molecule has 1 aromatic carbocycles. The van der Waals surface area contributed by atoms with E-state index in [2.05, 4.69) is 14.9 Å². The van der Waals surface area contributed by atoms with Crippen LogP contribution in [0.3, 0.4) is 0 Å². The third-order valence-electron chi connectivity index (χ3n) is 3.99. The first kappa shape index (κ1) is 15.3. The van der Waals surface area contributed by atoms with Crippen molar-refractivity contribution in [3.63, 3.8) is 0 Å². The van der Waals surface area contributed by atoms with Gasteiger partial charge in [-0.3, -0.25) is 4.79 Å². The monoisotopic (exact) mass is 312 g/mol. The minimum Gasteiger partial charge on any atom is -0.495 e. The summed E-state index contributed by atoms with van der Waals surface area (Å²) in [5, 5.41) is 0. The van der Waals surface area contributed by atoms with E-state index in [1.807, 2.05) is 29.2 Å². The molecule has 2 aromatic rings. The minimum absolute atomic E-state index is 0.0322. The van der Waals surface area contributed by atoms with Crippen molar-refractivity contribution >= 4 is 11.6 Å². The number of rotatable bonds is 3. The highest BCUT2D eigenvalue weighted by Gasteiger charge is 2.24. The molecule has 1 saturated heterocycles. The number of anilines is 1. The van der Waals surface area contributed by atoms with E-state index < -0.39 is 0 Å². The lowest BCUT2D eigenvalue weighted by Crippen LogP contribution is -2.49. The van der Waals surface area contributed by atoms with Crippen LogP contribution in [0.2, 0.25) is 0 Å². The van der Waals surface area contributed by atoms with Gasteiger partial charge in [0, 0.05) is 32.4 Å². The van der Waals surface area contributed by atoms with Gasteiger partial charge in [0.15, 0.2) is 0 Å². The molecule has 23 heavy (non-hydrogen) atoms. The van der Waals surface area contributed by atoms with E-state index in [9.17, 15) is 4.79 Å². The summed E-state index contributed by atoms with van der Waals surface area (Å²) in [7, 11) is 1.68. The minimum atomic E-state index is -0.0322. The van der Waals surface area contributed by atoms with E-state index in [4.69, 9.17) is 4.74 Å². The third kappa shape index (κ3) is 3.26. The molecule has 0 unspecified atom stereocenters. The number of methoxy groups -OCH3 is 1. The average molecular weight is 312 g/mol. The quantitative estimate of drug-likeness (QED) is 0.864. The van der Waals surface area contributed by atoms with Crippen LogP contribution in [0.5, 0.6) is 5.75 Å². The van der Waals surface area contributed by atoms with E-state index in [-0.39, 0.29) is 5.91 Å². The molecule has 0 saturated carbocycles. The largest absolute Gasteiger partial charge is 0.495 e. The Balaban J connectivity index is 1.67. The van der Waals surface area contributed by atoms with Crippen LogP contribution in [0.15, 0.2) is 36.5 Å². The number of hydrogen-bond donors (Lipinski definition) is 0. The summed E-state index contributed by atoms with van der Waals surface area (Å²) in [6.07, 6.45) is 1.63. The number of para-hydroxylation sites is 2. The number of amides is 1. The highest BCUT2D eigenvalue weighted by molar-refractivity contribution is 5.92. The molecular weight excluding hydrogens is 292 g/mol. The molecular formula is C17H20N4O2. The maximum Gasteiger partial charge on any atom is 0.272 e. The molecule has 3 rings (SSSR count). The zero-order valence-corrected chi connectivity index (χ0v) is 13.4. The maximum atomic E-state index is 12.5. The first-order chi connectivity index (χ1) is 11.2. The molecule has 0 aliphatic carbocycles. The van der Waals surface area contributed by atoms with Gasteiger partial charge >= 0.3 is 0 Å². The second-order valence-electron chi connectivity index (χ2n) is 5.44. The van der Waals surface area contributed by atoms with Crippen LogP contribution in [0.4, 0.5) is 5.69 Å². The summed E-state index contributed by atoms with van der Waals surface area (Å²) in [6.45, 7) is 4.67. The van der Waals surface area contributed by atoms with Crippen molar-refractivity contribution in [1.29, 1.82) is 0 Å². The van der Waals surface area contributed by atoms with Crippen LogP contribution in [-0.4, -0.2) is 54.1 Å². The smallest absolute Gasteiger partial charge is 0.272 e. The van der Waals surface area contributed by atoms with Crippen molar-refractivity contribution in [2.45, 2.75) is 6.92 Å². The number of benzene rings is 1. The number of carbonyl (C=O) groups excluding carboxylic acids is 1. The van der Waals surface area contributed by atoms with Crippen LogP contribution < -0.4 is 9.64 Å². The Bertz CT molecular complexity index is 696. The molecule has 1 fully saturated rings. The normalized spacial score (nSPS) is 14.7. The maximum absolute atomic E-state index is 12.5. The van der Waals surface area contributed by atoms with Gasteiger partial charge in [-0.1, -0.05) is 12.1 Å². The molecule has 1 amide bonds. The molecule has 1 aliphatic heterocycles. The van der Waals surface area contributed by atoms with Crippen molar-refractivity contribution < 1.29 is 9.53 Å². The number of piperazine rings is 1. The van der Waals surface area contributed by atoms with Crippen LogP contribution in [0.25, 0.3) is 0 Å². The summed E-state index contributed by atoms with van der Waals surface area (Å²) in [5.74, 6) is 1.44. The van der Waals surface area contributed by atoms with Gasteiger partial charge in [-0.25, -0.2) is 9.97 Å². The third-order valence-corrected chi connectivity index (χ3v) is 3.99. The second-order valence-corrected chi connectivity index (χ2v) is 5.44. The summed E-state index contributed by atoms with van der Waals surface area (Å²) < 4.78 is 5.42. The molecule has 6 nitrogen and oxygen atoms in total. The van der Waals surface area contributed by atoms with Gasteiger partial charge < -0.3 is 14.5 Å². The fourth-order valence-electron chi connectivity index (χ4n) is 2.78. The predicted octanol–water partition coefficient (Wildman–Crippen LogP) is 1.76. The van der Waals surface area contributed by atoms with Gasteiger partial charge in [-0.15, -0.1) is 0 Å².